The Kier molecular flexibility index (Phi) is 5.43. The summed E-state index contributed by atoms with van der Waals surface area (Å²) in [5.41, 5.74) is 1.70. The number of hydrogen-bond donors (Lipinski definition) is 1. The number of pyridine rings is 1. The maximum absolute atomic E-state index is 12.2. The zero-order valence-electron chi connectivity index (χ0n) is 14.1. The van der Waals surface area contributed by atoms with E-state index < -0.39 is 10.8 Å². The highest BCUT2D eigenvalue weighted by atomic mass is 16.6. The Bertz CT molecular complexity index is 816. The molecule has 0 atom stereocenters. The van der Waals surface area contributed by atoms with Gasteiger partial charge >= 0.3 is 0 Å². The Morgan fingerprint density at radius 1 is 1.24 bits per heavy atom. The van der Waals surface area contributed by atoms with Crippen molar-refractivity contribution in [2.24, 2.45) is 0 Å². The molecule has 1 heterocycles. The second-order valence-corrected chi connectivity index (χ2v) is 5.66. The van der Waals surface area contributed by atoms with Crippen molar-refractivity contribution in [3.63, 3.8) is 0 Å². The summed E-state index contributed by atoms with van der Waals surface area (Å²) in [6, 6.07) is 8.07. The number of nitrogens with one attached hydrogen (secondary N) is 1. The summed E-state index contributed by atoms with van der Waals surface area (Å²) in [4.78, 5) is 39.6. The SMILES string of the molecule is Cc1ncc([N+](=O)[O-])cc1C(=O)NCc1ccc(C(=O)N(C)C)cc1. The lowest BCUT2D eigenvalue weighted by Gasteiger charge is -2.11. The Hall–Kier alpha value is -3.29. The first kappa shape index (κ1) is 18.1. The molecule has 1 N–H and O–H groups in total. The molecule has 0 fully saturated rings. The Labute approximate surface area is 144 Å². The van der Waals surface area contributed by atoms with Crippen LogP contribution in [0.15, 0.2) is 36.5 Å². The molecule has 25 heavy (non-hydrogen) atoms. The zero-order chi connectivity index (χ0) is 18.6. The van der Waals surface area contributed by atoms with Crippen molar-refractivity contribution < 1.29 is 14.5 Å². The molecule has 0 bridgehead atoms. The lowest BCUT2D eigenvalue weighted by molar-refractivity contribution is -0.385. The molecule has 0 saturated carbocycles. The van der Waals surface area contributed by atoms with E-state index in [2.05, 4.69) is 10.3 Å². The molecule has 0 radical (unpaired) electrons. The van der Waals surface area contributed by atoms with Gasteiger partial charge in [-0.1, -0.05) is 12.1 Å². The van der Waals surface area contributed by atoms with E-state index in [0.717, 1.165) is 11.8 Å². The third kappa shape index (κ3) is 4.37. The van der Waals surface area contributed by atoms with E-state index in [1.54, 1.807) is 45.3 Å². The van der Waals surface area contributed by atoms with Crippen molar-refractivity contribution in [2.75, 3.05) is 14.1 Å². The Morgan fingerprint density at radius 3 is 2.44 bits per heavy atom. The van der Waals surface area contributed by atoms with Crippen molar-refractivity contribution in [3.05, 3.63) is 69.0 Å². The molecule has 0 saturated heterocycles. The highest BCUT2D eigenvalue weighted by molar-refractivity contribution is 5.96. The number of rotatable bonds is 5. The van der Waals surface area contributed by atoms with Gasteiger partial charge in [-0.3, -0.25) is 24.7 Å². The molecule has 0 unspecified atom stereocenters. The summed E-state index contributed by atoms with van der Waals surface area (Å²) in [5, 5.41) is 13.5. The largest absolute Gasteiger partial charge is 0.348 e. The van der Waals surface area contributed by atoms with E-state index in [0.29, 0.717) is 11.3 Å². The van der Waals surface area contributed by atoms with Gasteiger partial charge < -0.3 is 10.2 Å². The molecule has 0 aliphatic carbocycles. The van der Waals surface area contributed by atoms with Crippen molar-refractivity contribution in [1.29, 1.82) is 0 Å². The molecular weight excluding hydrogens is 324 g/mol. The molecule has 2 aromatic rings. The van der Waals surface area contributed by atoms with Crippen LogP contribution in [0.3, 0.4) is 0 Å². The number of aromatic nitrogens is 1. The van der Waals surface area contributed by atoms with Gasteiger partial charge in [0.15, 0.2) is 0 Å². The Balaban J connectivity index is 2.06. The van der Waals surface area contributed by atoms with E-state index in [4.69, 9.17) is 0 Å². The predicted molar refractivity (Wildman–Crippen MR) is 91.3 cm³/mol. The lowest BCUT2D eigenvalue weighted by atomic mass is 10.1. The average Bonchev–Trinajstić information content (AvgIpc) is 2.59. The smallest absolute Gasteiger partial charge is 0.288 e. The third-order valence-corrected chi connectivity index (χ3v) is 3.59. The summed E-state index contributed by atoms with van der Waals surface area (Å²) in [5.74, 6) is -0.545. The van der Waals surface area contributed by atoms with Crippen LogP contribution in [-0.4, -0.2) is 40.7 Å². The van der Waals surface area contributed by atoms with E-state index >= 15 is 0 Å². The summed E-state index contributed by atoms with van der Waals surface area (Å²) < 4.78 is 0. The molecule has 130 valence electrons. The highest BCUT2D eigenvalue weighted by Gasteiger charge is 2.15. The number of aryl methyl sites for hydroxylation is 1. The van der Waals surface area contributed by atoms with E-state index in [1.807, 2.05) is 0 Å². The Morgan fingerprint density at radius 2 is 1.88 bits per heavy atom. The van der Waals surface area contributed by atoms with Crippen molar-refractivity contribution in [2.45, 2.75) is 13.5 Å². The second kappa shape index (κ2) is 7.52. The van der Waals surface area contributed by atoms with Crippen molar-refractivity contribution >= 4 is 17.5 Å². The minimum atomic E-state index is -0.594. The van der Waals surface area contributed by atoms with Gasteiger partial charge in [-0.2, -0.15) is 0 Å². The first-order valence-electron chi connectivity index (χ1n) is 7.49. The number of benzene rings is 1. The minimum absolute atomic E-state index is 0.103. The van der Waals surface area contributed by atoms with Gasteiger partial charge in [-0.15, -0.1) is 0 Å². The fourth-order valence-electron chi connectivity index (χ4n) is 2.15. The minimum Gasteiger partial charge on any atom is -0.348 e. The van der Waals surface area contributed by atoms with Crippen LogP contribution in [0.5, 0.6) is 0 Å². The standard InChI is InChI=1S/C17H18N4O4/c1-11-15(8-14(10-18-11)21(24)25)16(22)19-9-12-4-6-13(7-5-12)17(23)20(2)3/h4-8,10H,9H2,1-3H3,(H,19,22). The molecule has 1 aromatic carbocycles. The van der Waals surface area contributed by atoms with Crippen molar-refractivity contribution in [1.82, 2.24) is 15.2 Å². The van der Waals surface area contributed by atoms with Crippen LogP contribution < -0.4 is 5.32 Å². The lowest BCUT2D eigenvalue weighted by Crippen LogP contribution is -2.24. The molecule has 8 nitrogen and oxygen atoms in total. The van der Waals surface area contributed by atoms with Crippen LogP contribution in [0.4, 0.5) is 5.69 Å². The fraction of sp³-hybridized carbons (Fsp3) is 0.235. The maximum atomic E-state index is 12.2. The zero-order valence-corrected chi connectivity index (χ0v) is 14.1. The summed E-state index contributed by atoms with van der Waals surface area (Å²) in [7, 11) is 3.35. The number of hydrogen-bond acceptors (Lipinski definition) is 5. The predicted octanol–water partition coefficient (Wildman–Crippen LogP) is 1.93. The van der Waals surface area contributed by atoms with Crippen LogP contribution in [0, 0.1) is 17.0 Å². The van der Waals surface area contributed by atoms with Gasteiger partial charge in [0.1, 0.15) is 6.20 Å². The fourth-order valence-corrected chi connectivity index (χ4v) is 2.15. The quantitative estimate of drug-likeness (QED) is 0.660. The van der Waals surface area contributed by atoms with Crippen LogP contribution in [0.2, 0.25) is 0 Å². The van der Waals surface area contributed by atoms with Gasteiger partial charge in [0.05, 0.1) is 16.2 Å². The first-order valence-corrected chi connectivity index (χ1v) is 7.49. The molecule has 0 aliphatic rings. The van der Waals surface area contributed by atoms with Crippen LogP contribution in [-0.2, 0) is 6.54 Å². The number of carbonyl (C=O) groups excluding carboxylic acids is 2. The van der Waals surface area contributed by atoms with E-state index in [-0.39, 0.29) is 23.7 Å². The van der Waals surface area contributed by atoms with Gasteiger partial charge in [0.2, 0.25) is 0 Å². The van der Waals surface area contributed by atoms with Crippen LogP contribution in [0.1, 0.15) is 32.0 Å². The van der Waals surface area contributed by atoms with Crippen LogP contribution in [0.25, 0.3) is 0 Å². The van der Waals surface area contributed by atoms with E-state index in [1.165, 1.54) is 11.0 Å². The molecule has 0 spiro atoms. The molecule has 2 rings (SSSR count). The monoisotopic (exact) mass is 342 g/mol. The third-order valence-electron chi connectivity index (χ3n) is 3.59. The molecule has 8 heteroatoms. The molecule has 1 aromatic heterocycles. The first-order chi connectivity index (χ1) is 11.8. The van der Waals surface area contributed by atoms with Gasteiger partial charge in [-0.25, -0.2) is 0 Å². The number of nitro groups is 1. The summed E-state index contributed by atoms with van der Waals surface area (Å²) in [6.07, 6.45) is 1.12. The van der Waals surface area contributed by atoms with Gasteiger partial charge in [-0.05, 0) is 24.6 Å². The van der Waals surface area contributed by atoms with Crippen molar-refractivity contribution in [3.8, 4) is 0 Å². The normalized spacial score (nSPS) is 10.2. The molecular formula is C17H18N4O4. The van der Waals surface area contributed by atoms with Crippen LogP contribution >= 0.6 is 0 Å². The molecule has 0 aliphatic heterocycles. The maximum Gasteiger partial charge on any atom is 0.288 e. The van der Waals surface area contributed by atoms with Gasteiger partial charge in [0.25, 0.3) is 17.5 Å². The number of amides is 2. The second-order valence-electron chi connectivity index (χ2n) is 5.66. The topological polar surface area (TPSA) is 105 Å². The molecule has 2 amide bonds. The van der Waals surface area contributed by atoms with E-state index in [9.17, 15) is 19.7 Å². The number of nitrogens with zero attached hydrogens (tertiary/aromatic N) is 3. The van der Waals surface area contributed by atoms with Gasteiger partial charge in [0, 0.05) is 32.3 Å². The summed E-state index contributed by atoms with van der Waals surface area (Å²) in [6.45, 7) is 1.84. The number of carbonyl (C=O) groups is 2. The summed E-state index contributed by atoms with van der Waals surface area (Å²) >= 11 is 0. The highest BCUT2D eigenvalue weighted by Crippen LogP contribution is 2.15. The average molecular weight is 342 g/mol.